The van der Waals surface area contributed by atoms with Gasteiger partial charge in [-0.2, -0.15) is 4.98 Å². The van der Waals surface area contributed by atoms with E-state index in [1.807, 2.05) is 0 Å². The normalized spacial score (nSPS) is 11.4. The molecule has 0 aliphatic carbocycles. The van der Waals surface area contributed by atoms with Crippen molar-refractivity contribution in [3.63, 3.8) is 0 Å². The van der Waals surface area contributed by atoms with E-state index in [9.17, 15) is 13.2 Å². The SMILES string of the molecule is COC(=O)CCCS(=O)(=O)NCc1nc(C)no1. The zero-order chi connectivity index (χ0) is 13.6. The maximum atomic E-state index is 11.5. The second kappa shape index (κ2) is 6.45. The van der Waals surface area contributed by atoms with Gasteiger partial charge in [0.05, 0.1) is 19.4 Å². The largest absolute Gasteiger partial charge is 0.469 e. The minimum absolute atomic E-state index is 0.0542. The Hall–Kier alpha value is -1.48. The van der Waals surface area contributed by atoms with Crippen LogP contribution in [0.4, 0.5) is 0 Å². The number of nitrogens with zero attached hydrogens (tertiary/aromatic N) is 2. The lowest BCUT2D eigenvalue weighted by Crippen LogP contribution is -2.26. The molecule has 0 amide bonds. The molecular weight excluding hydrogens is 262 g/mol. The van der Waals surface area contributed by atoms with Gasteiger partial charge in [0.1, 0.15) is 0 Å². The predicted molar refractivity (Wildman–Crippen MR) is 60.9 cm³/mol. The molecule has 0 spiro atoms. The van der Waals surface area contributed by atoms with E-state index in [1.54, 1.807) is 6.92 Å². The molecule has 0 saturated carbocycles. The van der Waals surface area contributed by atoms with E-state index in [4.69, 9.17) is 4.52 Å². The van der Waals surface area contributed by atoms with Crippen LogP contribution in [0.3, 0.4) is 0 Å². The molecule has 0 atom stereocenters. The molecule has 1 aromatic rings. The van der Waals surface area contributed by atoms with Crippen molar-refractivity contribution in [2.75, 3.05) is 12.9 Å². The molecule has 0 aromatic carbocycles. The second-order valence-corrected chi connectivity index (χ2v) is 5.48. The van der Waals surface area contributed by atoms with Gasteiger partial charge in [0, 0.05) is 6.42 Å². The minimum Gasteiger partial charge on any atom is -0.469 e. The number of hydrogen-bond acceptors (Lipinski definition) is 7. The molecule has 1 aromatic heterocycles. The molecule has 1 N–H and O–H groups in total. The molecule has 0 fully saturated rings. The minimum atomic E-state index is -3.46. The summed E-state index contributed by atoms with van der Waals surface area (Å²) in [6.45, 7) is 1.58. The Bertz CT molecular complexity index is 496. The molecule has 102 valence electrons. The monoisotopic (exact) mass is 277 g/mol. The van der Waals surface area contributed by atoms with Gasteiger partial charge in [-0.3, -0.25) is 4.79 Å². The van der Waals surface area contributed by atoms with Crippen LogP contribution >= 0.6 is 0 Å². The van der Waals surface area contributed by atoms with Crippen LogP contribution in [0.25, 0.3) is 0 Å². The van der Waals surface area contributed by atoms with Crippen LogP contribution in [0, 0.1) is 6.92 Å². The zero-order valence-electron chi connectivity index (χ0n) is 10.2. The van der Waals surface area contributed by atoms with Crippen LogP contribution in [-0.4, -0.2) is 37.4 Å². The first-order valence-corrected chi connectivity index (χ1v) is 6.91. The van der Waals surface area contributed by atoms with E-state index in [-0.39, 0.29) is 31.0 Å². The number of ether oxygens (including phenoxy) is 1. The predicted octanol–water partition coefficient (Wildman–Crippen LogP) is -0.249. The third-order valence-electron chi connectivity index (χ3n) is 2.03. The summed E-state index contributed by atoms with van der Waals surface area (Å²) in [7, 11) is -2.20. The van der Waals surface area contributed by atoms with Gasteiger partial charge < -0.3 is 9.26 Å². The van der Waals surface area contributed by atoms with E-state index >= 15 is 0 Å². The molecule has 0 aliphatic heterocycles. The Labute approximate surface area is 105 Å². The van der Waals surface area contributed by atoms with Crippen molar-refractivity contribution in [2.24, 2.45) is 0 Å². The van der Waals surface area contributed by atoms with Crippen LogP contribution in [0.2, 0.25) is 0 Å². The fourth-order valence-corrected chi connectivity index (χ4v) is 2.18. The van der Waals surface area contributed by atoms with Crippen molar-refractivity contribution in [3.8, 4) is 0 Å². The number of sulfonamides is 1. The third kappa shape index (κ3) is 5.23. The maximum Gasteiger partial charge on any atom is 0.305 e. The Balaban J connectivity index is 2.33. The number of rotatable bonds is 7. The lowest BCUT2D eigenvalue weighted by Gasteiger charge is -2.03. The van der Waals surface area contributed by atoms with E-state index in [1.165, 1.54) is 7.11 Å². The summed E-state index contributed by atoms with van der Waals surface area (Å²) in [6.07, 6.45) is 0.266. The molecule has 18 heavy (non-hydrogen) atoms. The lowest BCUT2D eigenvalue weighted by molar-refractivity contribution is -0.140. The quantitative estimate of drug-likeness (QED) is 0.684. The van der Waals surface area contributed by atoms with Crippen molar-refractivity contribution in [2.45, 2.75) is 26.3 Å². The number of hydrogen-bond donors (Lipinski definition) is 1. The highest BCUT2D eigenvalue weighted by atomic mass is 32.2. The van der Waals surface area contributed by atoms with Gasteiger partial charge in [-0.1, -0.05) is 5.16 Å². The Morgan fingerprint density at radius 3 is 2.78 bits per heavy atom. The number of esters is 1. The molecule has 0 radical (unpaired) electrons. The molecule has 1 heterocycles. The van der Waals surface area contributed by atoms with Crippen LogP contribution in [0.15, 0.2) is 4.52 Å². The first-order chi connectivity index (χ1) is 8.43. The summed E-state index contributed by atoms with van der Waals surface area (Å²) < 4.78 is 34.5. The third-order valence-corrected chi connectivity index (χ3v) is 3.44. The van der Waals surface area contributed by atoms with Gasteiger partial charge in [-0.15, -0.1) is 0 Å². The van der Waals surface area contributed by atoms with Gasteiger partial charge in [-0.05, 0) is 13.3 Å². The summed E-state index contributed by atoms with van der Waals surface area (Å²) in [5.74, 6) is 0.0477. The Kier molecular flexibility index (Phi) is 5.23. The molecule has 0 aliphatic rings. The average molecular weight is 277 g/mol. The summed E-state index contributed by atoms with van der Waals surface area (Å²) in [6, 6.07) is 0. The van der Waals surface area contributed by atoms with Crippen molar-refractivity contribution in [1.82, 2.24) is 14.9 Å². The second-order valence-electron chi connectivity index (χ2n) is 3.56. The number of carbonyl (C=O) groups excluding carboxylic acids is 1. The number of aromatic nitrogens is 2. The summed E-state index contributed by atoms with van der Waals surface area (Å²) in [5, 5.41) is 3.53. The molecule has 1 rings (SSSR count). The topological polar surface area (TPSA) is 111 Å². The summed E-state index contributed by atoms with van der Waals surface area (Å²) in [5.41, 5.74) is 0. The highest BCUT2D eigenvalue weighted by molar-refractivity contribution is 7.89. The van der Waals surface area contributed by atoms with Crippen molar-refractivity contribution >= 4 is 16.0 Å². The van der Waals surface area contributed by atoms with Crippen molar-refractivity contribution < 1.29 is 22.5 Å². The lowest BCUT2D eigenvalue weighted by atomic mass is 10.3. The van der Waals surface area contributed by atoms with E-state index in [0.29, 0.717) is 5.82 Å². The zero-order valence-corrected chi connectivity index (χ0v) is 11.0. The summed E-state index contributed by atoms with van der Waals surface area (Å²) in [4.78, 5) is 14.7. The highest BCUT2D eigenvalue weighted by Crippen LogP contribution is 1.99. The van der Waals surface area contributed by atoms with Crippen LogP contribution < -0.4 is 4.72 Å². The number of methoxy groups -OCH3 is 1. The maximum absolute atomic E-state index is 11.5. The van der Waals surface area contributed by atoms with Gasteiger partial charge >= 0.3 is 5.97 Å². The molecule has 0 unspecified atom stereocenters. The number of aryl methyl sites for hydroxylation is 1. The first kappa shape index (κ1) is 14.6. The first-order valence-electron chi connectivity index (χ1n) is 5.26. The fraction of sp³-hybridized carbons (Fsp3) is 0.667. The average Bonchev–Trinajstić information content (AvgIpc) is 2.72. The highest BCUT2D eigenvalue weighted by Gasteiger charge is 2.13. The Morgan fingerprint density at radius 1 is 1.50 bits per heavy atom. The van der Waals surface area contributed by atoms with Crippen LogP contribution in [0.1, 0.15) is 24.6 Å². The van der Waals surface area contributed by atoms with E-state index < -0.39 is 16.0 Å². The number of nitrogens with one attached hydrogen (secondary N) is 1. The van der Waals surface area contributed by atoms with Crippen molar-refractivity contribution in [1.29, 1.82) is 0 Å². The number of carbonyl (C=O) groups is 1. The van der Waals surface area contributed by atoms with Crippen molar-refractivity contribution in [3.05, 3.63) is 11.7 Å². The Morgan fingerprint density at radius 2 is 2.22 bits per heavy atom. The molecule has 8 nitrogen and oxygen atoms in total. The molecular formula is C9H15N3O5S. The van der Waals surface area contributed by atoms with E-state index in [0.717, 1.165) is 0 Å². The van der Waals surface area contributed by atoms with Gasteiger partial charge in [0.25, 0.3) is 0 Å². The van der Waals surface area contributed by atoms with Crippen LogP contribution in [-0.2, 0) is 26.1 Å². The van der Waals surface area contributed by atoms with Gasteiger partial charge in [-0.25, -0.2) is 13.1 Å². The molecule has 0 saturated heterocycles. The molecule has 0 bridgehead atoms. The van der Waals surface area contributed by atoms with Gasteiger partial charge in [0.15, 0.2) is 5.82 Å². The standard InChI is InChI=1S/C9H15N3O5S/c1-7-11-8(17-12-7)6-10-18(14,15)5-3-4-9(13)16-2/h10H,3-6H2,1-2H3. The fourth-order valence-electron chi connectivity index (χ4n) is 1.16. The molecule has 9 heteroatoms. The van der Waals surface area contributed by atoms with E-state index in [2.05, 4.69) is 19.6 Å². The van der Waals surface area contributed by atoms with Gasteiger partial charge in [0.2, 0.25) is 15.9 Å². The summed E-state index contributed by atoms with van der Waals surface area (Å²) >= 11 is 0. The van der Waals surface area contributed by atoms with Crippen LogP contribution in [0.5, 0.6) is 0 Å². The smallest absolute Gasteiger partial charge is 0.305 e.